The van der Waals surface area contributed by atoms with Crippen LogP contribution in [-0.4, -0.2) is 24.0 Å². The minimum absolute atomic E-state index is 0.109. The molecule has 1 amide bonds. The third-order valence-corrected chi connectivity index (χ3v) is 6.43. The van der Waals surface area contributed by atoms with Crippen molar-refractivity contribution < 1.29 is 4.79 Å². The zero-order chi connectivity index (χ0) is 17.1. The Balaban J connectivity index is 1.34. The van der Waals surface area contributed by atoms with E-state index in [0.29, 0.717) is 18.3 Å². The molecule has 1 aliphatic heterocycles. The molecule has 5 heteroatoms. The molecule has 1 saturated heterocycles. The Morgan fingerprint density at radius 2 is 2.16 bits per heavy atom. The first kappa shape index (κ1) is 16.7. The summed E-state index contributed by atoms with van der Waals surface area (Å²) in [6.07, 6.45) is 5.96. The normalized spacial score (nSPS) is 22.6. The van der Waals surface area contributed by atoms with Gasteiger partial charge < -0.3 is 10.6 Å². The number of aryl methyl sites for hydroxylation is 1. The lowest BCUT2D eigenvalue weighted by Crippen LogP contribution is -2.15. The third kappa shape index (κ3) is 4.10. The molecule has 0 radical (unpaired) electrons. The Morgan fingerprint density at radius 3 is 2.96 bits per heavy atom. The lowest BCUT2D eigenvalue weighted by atomic mass is 9.85. The van der Waals surface area contributed by atoms with Gasteiger partial charge in [0.2, 0.25) is 5.91 Å². The van der Waals surface area contributed by atoms with Gasteiger partial charge >= 0.3 is 0 Å². The van der Waals surface area contributed by atoms with E-state index in [4.69, 9.17) is 0 Å². The minimum Gasteiger partial charge on any atom is -0.316 e. The zero-order valence-electron chi connectivity index (χ0n) is 14.5. The van der Waals surface area contributed by atoms with Gasteiger partial charge in [-0.3, -0.25) is 4.79 Å². The quantitative estimate of drug-likeness (QED) is 0.859. The lowest BCUT2D eigenvalue weighted by Gasteiger charge is -2.21. The van der Waals surface area contributed by atoms with Gasteiger partial charge in [0.15, 0.2) is 5.13 Å². The molecule has 2 aliphatic rings. The zero-order valence-corrected chi connectivity index (χ0v) is 15.3. The molecule has 1 aromatic carbocycles. The maximum Gasteiger partial charge on any atom is 0.226 e. The number of carbonyl (C=O) groups is 1. The van der Waals surface area contributed by atoms with Crippen LogP contribution in [0.4, 0.5) is 5.13 Å². The fourth-order valence-corrected chi connectivity index (χ4v) is 5.02. The van der Waals surface area contributed by atoms with Crippen LogP contribution in [0.1, 0.15) is 47.7 Å². The number of nitrogens with zero attached hydrogens (tertiary/aromatic N) is 1. The van der Waals surface area contributed by atoms with E-state index in [1.165, 1.54) is 22.6 Å². The van der Waals surface area contributed by atoms with Crippen molar-refractivity contribution in [1.29, 1.82) is 0 Å². The number of amides is 1. The summed E-state index contributed by atoms with van der Waals surface area (Å²) in [5.41, 5.74) is 2.60. The van der Waals surface area contributed by atoms with E-state index in [1.807, 2.05) is 0 Å². The van der Waals surface area contributed by atoms with E-state index in [-0.39, 0.29) is 5.91 Å². The van der Waals surface area contributed by atoms with Crippen LogP contribution in [0.2, 0.25) is 0 Å². The van der Waals surface area contributed by atoms with E-state index < -0.39 is 0 Å². The maximum absolute atomic E-state index is 12.2. The van der Waals surface area contributed by atoms with Gasteiger partial charge in [-0.2, -0.15) is 0 Å². The van der Waals surface area contributed by atoms with E-state index >= 15 is 0 Å². The van der Waals surface area contributed by atoms with E-state index in [0.717, 1.165) is 43.9 Å². The molecule has 2 N–H and O–H groups in total. The molecule has 1 aliphatic carbocycles. The van der Waals surface area contributed by atoms with Crippen molar-refractivity contribution >= 4 is 22.4 Å². The smallest absolute Gasteiger partial charge is 0.226 e. The summed E-state index contributed by atoms with van der Waals surface area (Å²) < 4.78 is 0. The summed E-state index contributed by atoms with van der Waals surface area (Å²) in [6.45, 7) is 2.15. The summed E-state index contributed by atoms with van der Waals surface area (Å²) in [5.74, 6) is 1.34. The molecule has 4 rings (SSSR count). The Morgan fingerprint density at radius 1 is 1.28 bits per heavy atom. The number of aromatic nitrogens is 1. The third-order valence-electron chi connectivity index (χ3n) is 5.40. The Labute approximate surface area is 153 Å². The van der Waals surface area contributed by atoms with Gasteiger partial charge in [0.25, 0.3) is 0 Å². The standard InChI is InChI=1S/C20H25N3OS/c24-19(9-6-14-10-11-21-13-14)23-20-22-17-8-7-16(12-18(17)25-20)15-4-2-1-3-5-15/h1-5,14,16,21H,6-13H2,(H,22,23,24). The van der Waals surface area contributed by atoms with E-state index in [1.54, 1.807) is 11.3 Å². The second kappa shape index (κ2) is 7.67. The van der Waals surface area contributed by atoms with Gasteiger partial charge in [0.05, 0.1) is 5.69 Å². The predicted octanol–water partition coefficient (Wildman–Crippen LogP) is 3.74. The number of rotatable bonds is 5. The Bertz CT molecular complexity index is 722. The molecule has 2 aromatic rings. The van der Waals surface area contributed by atoms with Gasteiger partial charge in [-0.25, -0.2) is 4.98 Å². The van der Waals surface area contributed by atoms with Crippen molar-refractivity contribution in [2.45, 2.75) is 44.4 Å². The molecule has 132 valence electrons. The number of nitrogens with one attached hydrogen (secondary N) is 2. The molecule has 4 nitrogen and oxygen atoms in total. The largest absolute Gasteiger partial charge is 0.316 e. The molecular formula is C20H25N3OS. The van der Waals surface area contributed by atoms with Crippen LogP contribution < -0.4 is 10.6 Å². The second-order valence-electron chi connectivity index (χ2n) is 7.18. The first-order chi connectivity index (χ1) is 12.3. The van der Waals surface area contributed by atoms with Crippen molar-refractivity contribution in [3.8, 4) is 0 Å². The monoisotopic (exact) mass is 355 g/mol. The first-order valence-corrected chi connectivity index (χ1v) is 10.1. The van der Waals surface area contributed by atoms with Gasteiger partial charge in [-0.1, -0.05) is 30.3 Å². The van der Waals surface area contributed by atoms with Crippen LogP contribution in [-0.2, 0) is 17.6 Å². The number of hydrogen-bond donors (Lipinski definition) is 2. The minimum atomic E-state index is 0.109. The fraction of sp³-hybridized carbons (Fsp3) is 0.500. The number of anilines is 1. The van der Waals surface area contributed by atoms with Crippen molar-refractivity contribution in [1.82, 2.24) is 10.3 Å². The van der Waals surface area contributed by atoms with Gasteiger partial charge in [0.1, 0.15) is 0 Å². The summed E-state index contributed by atoms with van der Waals surface area (Å²) in [6, 6.07) is 10.7. The summed E-state index contributed by atoms with van der Waals surface area (Å²) in [5, 5.41) is 7.17. The Hall–Kier alpha value is -1.72. The van der Waals surface area contributed by atoms with Crippen LogP contribution in [0.25, 0.3) is 0 Å². The lowest BCUT2D eigenvalue weighted by molar-refractivity contribution is -0.116. The second-order valence-corrected chi connectivity index (χ2v) is 8.27. The van der Waals surface area contributed by atoms with Crippen LogP contribution in [0.15, 0.2) is 30.3 Å². The number of thiazole rings is 1. The highest BCUT2D eigenvalue weighted by atomic mass is 32.1. The molecule has 1 fully saturated rings. The number of benzene rings is 1. The number of carbonyl (C=O) groups excluding carboxylic acids is 1. The average molecular weight is 356 g/mol. The molecule has 2 heterocycles. The molecule has 2 unspecified atom stereocenters. The molecular weight excluding hydrogens is 330 g/mol. The average Bonchev–Trinajstić information content (AvgIpc) is 3.29. The van der Waals surface area contributed by atoms with E-state index in [9.17, 15) is 4.79 Å². The number of fused-ring (bicyclic) bond motifs is 1. The summed E-state index contributed by atoms with van der Waals surface area (Å²) in [4.78, 5) is 18.2. The van der Waals surface area contributed by atoms with Crippen molar-refractivity contribution in [2.75, 3.05) is 18.4 Å². The number of hydrogen-bond acceptors (Lipinski definition) is 4. The molecule has 2 atom stereocenters. The molecule has 1 aromatic heterocycles. The van der Waals surface area contributed by atoms with Crippen LogP contribution in [0, 0.1) is 5.92 Å². The van der Waals surface area contributed by atoms with Gasteiger partial charge in [-0.05, 0) is 62.6 Å². The molecule has 0 spiro atoms. The highest BCUT2D eigenvalue weighted by Crippen LogP contribution is 2.36. The van der Waals surface area contributed by atoms with E-state index in [2.05, 4.69) is 45.9 Å². The van der Waals surface area contributed by atoms with Crippen molar-refractivity contribution in [3.05, 3.63) is 46.5 Å². The summed E-state index contributed by atoms with van der Waals surface area (Å²) >= 11 is 1.66. The van der Waals surface area contributed by atoms with Crippen LogP contribution in [0.5, 0.6) is 0 Å². The summed E-state index contributed by atoms with van der Waals surface area (Å²) in [7, 11) is 0. The highest BCUT2D eigenvalue weighted by molar-refractivity contribution is 7.15. The topological polar surface area (TPSA) is 54.0 Å². The first-order valence-electron chi connectivity index (χ1n) is 9.32. The predicted molar refractivity (Wildman–Crippen MR) is 102 cm³/mol. The van der Waals surface area contributed by atoms with Gasteiger partial charge in [-0.15, -0.1) is 11.3 Å². The Kier molecular flexibility index (Phi) is 5.13. The van der Waals surface area contributed by atoms with Crippen LogP contribution in [0.3, 0.4) is 0 Å². The SMILES string of the molecule is O=C(CCC1CCNC1)Nc1nc2c(s1)CC(c1ccccc1)CC2. The highest BCUT2D eigenvalue weighted by Gasteiger charge is 2.24. The maximum atomic E-state index is 12.2. The van der Waals surface area contributed by atoms with Gasteiger partial charge in [0, 0.05) is 11.3 Å². The van der Waals surface area contributed by atoms with Crippen LogP contribution >= 0.6 is 11.3 Å². The molecule has 0 saturated carbocycles. The van der Waals surface area contributed by atoms with Crippen molar-refractivity contribution in [3.63, 3.8) is 0 Å². The van der Waals surface area contributed by atoms with Crippen molar-refractivity contribution in [2.24, 2.45) is 5.92 Å². The fourth-order valence-electron chi connectivity index (χ4n) is 3.92. The molecule has 0 bridgehead atoms. The molecule has 25 heavy (non-hydrogen) atoms.